The van der Waals surface area contributed by atoms with E-state index in [1.165, 1.54) is 12.8 Å². The molecule has 0 aromatic carbocycles. The van der Waals surface area contributed by atoms with Crippen LogP contribution in [0.1, 0.15) is 18.4 Å². The maximum atomic E-state index is 5.59. The molecule has 1 aromatic rings. The third-order valence-corrected chi connectivity index (χ3v) is 4.59. The van der Waals surface area contributed by atoms with Crippen LogP contribution in [0.2, 0.25) is 0 Å². The van der Waals surface area contributed by atoms with Gasteiger partial charge in [-0.15, -0.1) is 24.0 Å². The maximum absolute atomic E-state index is 5.59. The molecule has 0 amide bonds. The average molecular weight is 432 g/mol. The lowest BCUT2D eigenvalue weighted by molar-refractivity contribution is 0.156. The third-order valence-electron chi connectivity index (χ3n) is 4.59. The van der Waals surface area contributed by atoms with Crippen molar-refractivity contribution in [1.82, 2.24) is 15.2 Å². The molecule has 1 atom stereocenters. The molecular formula is C16H25IN4O2. The number of nitrogens with zero attached hydrogens (tertiary/aromatic N) is 3. The van der Waals surface area contributed by atoms with Gasteiger partial charge in [-0.1, -0.05) is 6.07 Å². The number of nitrogens with one attached hydrogen (secondary N) is 1. The number of methoxy groups -OCH3 is 1. The van der Waals surface area contributed by atoms with Crippen LogP contribution in [0.3, 0.4) is 0 Å². The van der Waals surface area contributed by atoms with Gasteiger partial charge in [0.1, 0.15) is 0 Å². The molecule has 1 N–H and O–H groups in total. The Morgan fingerprint density at radius 3 is 2.96 bits per heavy atom. The fourth-order valence-electron chi connectivity index (χ4n) is 3.24. The fraction of sp³-hybridized carbons (Fsp3) is 0.625. The first-order chi connectivity index (χ1) is 10.7. The molecule has 1 spiro atoms. The molecule has 2 aliphatic heterocycles. The molecule has 3 heterocycles. The van der Waals surface area contributed by atoms with E-state index in [0.29, 0.717) is 17.8 Å². The summed E-state index contributed by atoms with van der Waals surface area (Å²) >= 11 is 0. The standard InChI is InChI=1S/C16H24N4O2.HI/c1-17-15(19-10-13-3-4-14(21-2)18-9-13)20-7-5-16(11-20)6-8-22-12-16;/h3-4,9H,5-8,10-12H2,1-2H3,(H,17,19);1H. The highest BCUT2D eigenvalue weighted by molar-refractivity contribution is 14.0. The minimum atomic E-state index is 0. The van der Waals surface area contributed by atoms with Gasteiger partial charge in [-0.2, -0.15) is 0 Å². The van der Waals surface area contributed by atoms with Crippen LogP contribution in [-0.4, -0.2) is 56.3 Å². The Morgan fingerprint density at radius 1 is 1.48 bits per heavy atom. The van der Waals surface area contributed by atoms with Gasteiger partial charge < -0.3 is 19.7 Å². The second kappa shape index (κ2) is 8.14. The first-order valence-electron chi connectivity index (χ1n) is 7.77. The van der Waals surface area contributed by atoms with Gasteiger partial charge in [-0.3, -0.25) is 4.99 Å². The van der Waals surface area contributed by atoms with Crippen LogP contribution in [0.5, 0.6) is 5.88 Å². The zero-order valence-electron chi connectivity index (χ0n) is 13.7. The van der Waals surface area contributed by atoms with Gasteiger partial charge in [-0.25, -0.2) is 4.98 Å². The number of hydrogen-bond acceptors (Lipinski definition) is 4. The summed E-state index contributed by atoms with van der Waals surface area (Å²) in [6.45, 7) is 4.58. The molecule has 7 heteroatoms. The molecule has 0 radical (unpaired) electrons. The van der Waals surface area contributed by atoms with Crippen LogP contribution in [0.15, 0.2) is 23.3 Å². The molecule has 2 fully saturated rings. The Labute approximate surface area is 154 Å². The van der Waals surface area contributed by atoms with Crippen molar-refractivity contribution in [3.63, 3.8) is 0 Å². The van der Waals surface area contributed by atoms with Crippen molar-refractivity contribution in [2.75, 3.05) is 40.5 Å². The van der Waals surface area contributed by atoms with Crippen LogP contribution >= 0.6 is 24.0 Å². The van der Waals surface area contributed by atoms with Crippen LogP contribution in [0, 0.1) is 5.41 Å². The number of guanidine groups is 1. The summed E-state index contributed by atoms with van der Waals surface area (Å²) in [7, 11) is 3.46. The van der Waals surface area contributed by atoms with E-state index >= 15 is 0 Å². The van der Waals surface area contributed by atoms with Gasteiger partial charge >= 0.3 is 0 Å². The fourth-order valence-corrected chi connectivity index (χ4v) is 3.24. The molecule has 2 aliphatic rings. The quantitative estimate of drug-likeness (QED) is 0.449. The molecule has 0 aliphatic carbocycles. The summed E-state index contributed by atoms with van der Waals surface area (Å²) < 4.78 is 10.7. The van der Waals surface area contributed by atoms with Gasteiger partial charge in [-0.05, 0) is 18.4 Å². The molecule has 0 saturated carbocycles. The van der Waals surface area contributed by atoms with Gasteiger partial charge in [0, 0.05) is 51.0 Å². The topological polar surface area (TPSA) is 59.0 Å². The van der Waals surface area contributed by atoms with Crippen LogP contribution in [0.25, 0.3) is 0 Å². The lowest BCUT2D eigenvalue weighted by Crippen LogP contribution is -2.41. The lowest BCUT2D eigenvalue weighted by atomic mass is 9.87. The molecule has 3 rings (SSSR count). The molecule has 1 unspecified atom stereocenters. The van der Waals surface area contributed by atoms with Crippen molar-refractivity contribution in [3.05, 3.63) is 23.9 Å². The predicted octanol–water partition coefficient (Wildman–Crippen LogP) is 1.90. The Balaban J connectivity index is 0.00000192. The molecule has 1 aromatic heterocycles. The third kappa shape index (κ3) is 4.26. The number of hydrogen-bond donors (Lipinski definition) is 1. The van der Waals surface area contributed by atoms with Crippen molar-refractivity contribution in [2.45, 2.75) is 19.4 Å². The normalized spacial score (nSPS) is 23.9. The van der Waals surface area contributed by atoms with Crippen molar-refractivity contribution in [3.8, 4) is 5.88 Å². The average Bonchev–Trinajstić information content (AvgIpc) is 3.19. The van der Waals surface area contributed by atoms with E-state index in [1.54, 1.807) is 7.11 Å². The zero-order valence-corrected chi connectivity index (χ0v) is 16.1. The molecule has 128 valence electrons. The van der Waals surface area contributed by atoms with E-state index in [-0.39, 0.29) is 24.0 Å². The van der Waals surface area contributed by atoms with Crippen LogP contribution < -0.4 is 10.1 Å². The van der Waals surface area contributed by atoms with Crippen molar-refractivity contribution < 1.29 is 9.47 Å². The smallest absolute Gasteiger partial charge is 0.212 e. The van der Waals surface area contributed by atoms with E-state index in [4.69, 9.17) is 9.47 Å². The molecule has 23 heavy (non-hydrogen) atoms. The Hall–Kier alpha value is -1.09. The Morgan fingerprint density at radius 2 is 2.35 bits per heavy atom. The number of likely N-dealkylation sites (tertiary alicyclic amines) is 1. The summed E-state index contributed by atoms with van der Waals surface area (Å²) in [5, 5.41) is 3.43. The number of ether oxygens (including phenoxy) is 2. The van der Waals surface area contributed by atoms with Crippen molar-refractivity contribution >= 4 is 29.9 Å². The highest BCUT2D eigenvalue weighted by Gasteiger charge is 2.42. The van der Waals surface area contributed by atoms with E-state index in [0.717, 1.165) is 37.8 Å². The van der Waals surface area contributed by atoms with Gasteiger partial charge in [0.15, 0.2) is 5.96 Å². The number of halogens is 1. The second-order valence-electron chi connectivity index (χ2n) is 6.08. The number of rotatable bonds is 3. The first kappa shape index (κ1) is 18.3. The molecular weight excluding hydrogens is 407 g/mol. The van der Waals surface area contributed by atoms with Crippen LogP contribution in [0.4, 0.5) is 0 Å². The highest BCUT2D eigenvalue weighted by atomic mass is 127. The summed E-state index contributed by atoms with van der Waals surface area (Å²) in [4.78, 5) is 11.0. The summed E-state index contributed by atoms with van der Waals surface area (Å²) in [6.07, 6.45) is 4.19. The molecule has 0 bridgehead atoms. The van der Waals surface area contributed by atoms with Crippen LogP contribution in [-0.2, 0) is 11.3 Å². The van der Waals surface area contributed by atoms with E-state index in [1.807, 2.05) is 25.4 Å². The zero-order chi connectivity index (χ0) is 15.4. The predicted molar refractivity (Wildman–Crippen MR) is 100 cm³/mol. The Kier molecular flexibility index (Phi) is 6.46. The van der Waals surface area contributed by atoms with Crippen molar-refractivity contribution in [2.24, 2.45) is 10.4 Å². The number of aromatic nitrogens is 1. The van der Waals surface area contributed by atoms with Gasteiger partial charge in [0.05, 0.1) is 13.7 Å². The van der Waals surface area contributed by atoms with Gasteiger partial charge in [0.2, 0.25) is 5.88 Å². The lowest BCUT2D eigenvalue weighted by Gasteiger charge is -2.24. The minimum absolute atomic E-state index is 0. The number of pyridine rings is 1. The van der Waals surface area contributed by atoms with Crippen molar-refractivity contribution in [1.29, 1.82) is 0 Å². The SMILES string of the molecule is CN=C(NCc1ccc(OC)nc1)N1CCC2(CCOC2)C1.I. The summed E-state index contributed by atoms with van der Waals surface area (Å²) in [5.74, 6) is 1.59. The molecule has 2 saturated heterocycles. The van der Waals surface area contributed by atoms with E-state index < -0.39 is 0 Å². The first-order valence-corrected chi connectivity index (χ1v) is 7.77. The maximum Gasteiger partial charge on any atom is 0.212 e. The number of aliphatic imine (C=N–C) groups is 1. The largest absolute Gasteiger partial charge is 0.481 e. The summed E-state index contributed by atoms with van der Waals surface area (Å²) in [6, 6.07) is 3.89. The highest BCUT2D eigenvalue weighted by Crippen LogP contribution is 2.38. The monoisotopic (exact) mass is 432 g/mol. The van der Waals surface area contributed by atoms with E-state index in [2.05, 4.69) is 20.2 Å². The minimum Gasteiger partial charge on any atom is -0.481 e. The summed E-state index contributed by atoms with van der Waals surface area (Å²) in [5.41, 5.74) is 1.46. The van der Waals surface area contributed by atoms with E-state index in [9.17, 15) is 0 Å². The van der Waals surface area contributed by atoms with Gasteiger partial charge in [0.25, 0.3) is 0 Å². The second-order valence-corrected chi connectivity index (χ2v) is 6.08. The molecule has 6 nitrogen and oxygen atoms in total. The Bertz CT molecular complexity index is 529.